The molecule has 0 spiro atoms. The summed E-state index contributed by atoms with van der Waals surface area (Å²) in [5, 5.41) is 11.0. The second kappa shape index (κ2) is 10.3. The molecule has 1 aliphatic carbocycles. The van der Waals surface area contributed by atoms with Crippen molar-refractivity contribution in [1.29, 1.82) is 0 Å². The molecule has 2 aliphatic rings. The maximum absolute atomic E-state index is 6.47. The predicted molar refractivity (Wildman–Crippen MR) is 121 cm³/mol. The van der Waals surface area contributed by atoms with Gasteiger partial charge in [0.05, 0.1) is 16.3 Å². The summed E-state index contributed by atoms with van der Waals surface area (Å²) >= 11 is 6.47. The largest absolute Gasteiger partial charge is 0.381 e. The van der Waals surface area contributed by atoms with Crippen LogP contribution in [0.2, 0.25) is 5.02 Å². The van der Waals surface area contributed by atoms with Gasteiger partial charge in [-0.05, 0) is 75.8 Å². The van der Waals surface area contributed by atoms with E-state index in [2.05, 4.69) is 33.2 Å². The number of rotatable bonds is 7. The lowest BCUT2D eigenvalue weighted by atomic mass is 9.91. The molecule has 3 heterocycles. The molecule has 2 aromatic rings. The standard InChI is InChI=1S/C23H30ClN5O/c1-25-18-2-4-19(5-3-18)28-22-14-17(8-11-26-22)23-20(24)6-7-21(29-23)27-15-16-9-12-30-13-10-16/h6-7,14,16,18-19,25H,2-5,9-10,12-13,15H2,1H3,(H,26,28)(H,27,29). The van der Waals surface area contributed by atoms with Crippen LogP contribution in [0.5, 0.6) is 0 Å². The van der Waals surface area contributed by atoms with Gasteiger partial charge in [-0.25, -0.2) is 4.98 Å². The van der Waals surface area contributed by atoms with E-state index in [4.69, 9.17) is 21.3 Å². The fraction of sp³-hybridized carbons (Fsp3) is 0.565. The van der Waals surface area contributed by atoms with Crippen LogP contribution in [0, 0.1) is 18.2 Å². The number of halogens is 1. The molecule has 4 rings (SSSR count). The molecule has 2 aromatic heterocycles. The third-order valence-corrected chi connectivity index (χ3v) is 6.45. The Hall–Kier alpha value is -2.07. The molecule has 1 saturated heterocycles. The Morgan fingerprint density at radius 3 is 2.60 bits per heavy atom. The zero-order valence-electron chi connectivity index (χ0n) is 17.5. The van der Waals surface area contributed by atoms with Gasteiger partial charge in [0.25, 0.3) is 0 Å². The molecule has 160 valence electrons. The van der Waals surface area contributed by atoms with Crippen molar-refractivity contribution in [2.75, 3.05) is 37.4 Å². The highest BCUT2D eigenvalue weighted by Gasteiger charge is 2.20. The van der Waals surface area contributed by atoms with E-state index in [9.17, 15) is 0 Å². The van der Waals surface area contributed by atoms with Crippen LogP contribution >= 0.6 is 11.6 Å². The van der Waals surface area contributed by atoms with E-state index in [-0.39, 0.29) is 0 Å². The van der Waals surface area contributed by atoms with E-state index >= 15 is 0 Å². The SMILES string of the molecule is CNC1CCC(Nc2cc(-c3nc(NCC4CCOCC4)ccc3Cl)c#cn2)CC1. The summed E-state index contributed by atoms with van der Waals surface area (Å²) in [7, 11) is 2.04. The van der Waals surface area contributed by atoms with Gasteiger partial charge in [-0.1, -0.05) is 11.6 Å². The highest BCUT2D eigenvalue weighted by atomic mass is 35.5. The van der Waals surface area contributed by atoms with Crippen LogP contribution in [0.3, 0.4) is 0 Å². The summed E-state index contributed by atoms with van der Waals surface area (Å²) in [6.07, 6.45) is 9.68. The maximum Gasteiger partial charge on any atom is 0.137 e. The van der Waals surface area contributed by atoms with Crippen molar-refractivity contribution in [3.8, 4) is 11.3 Å². The lowest BCUT2D eigenvalue weighted by Gasteiger charge is -2.29. The van der Waals surface area contributed by atoms with Crippen LogP contribution in [-0.2, 0) is 4.74 Å². The minimum Gasteiger partial charge on any atom is -0.381 e. The number of hydrogen-bond donors (Lipinski definition) is 3. The van der Waals surface area contributed by atoms with Gasteiger partial charge >= 0.3 is 0 Å². The average molecular weight is 428 g/mol. The Morgan fingerprint density at radius 2 is 1.83 bits per heavy atom. The Morgan fingerprint density at radius 1 is 1.07 bits per heavy atom. The molecular formula is C23H30ClN5O. The molecule has 1 saturated carbocycles. The van der Waals surface area contributed by atoms with Crippen molar-refractivity contribution in [3.63, 3.8) is 0 Å². The second-order valence-corrected chi connectivity index (χ2v) is 8.64. The van der Waals surface area contributed by atoms with Gasteiger partial charge in [0, 0.05) is 38.0 Å². The van der Waals surface area contributed by atoms with Crippen molar-refractivity contribution < 1.29 is 4.74 Å². The van der Waals surface area contributed by atoms with E-state index < -0.39 is 0 Å². The smallest absolute Gasteiger partial charge is 0.137 e. The zero-order valence-corrected chi connectivity index (χ0v) is 18.3. The summed E-state index contributed by atoms with van der Waals surface area (Å²) < 4.78 is 5.44. The van der Waals surface area contributed by atoms with Crippen molar-refractivity contribution in [2.24, 2.45) is 5.92 Å². The van der Waals surface area contributed by atoms with Gasteiger partial charge in [0.15, 0.2) is 0 Å². The minimum atomic E-state index is 0.432. The molecule has 3 N–H and O–H groups in total. The molecule has 0 radical (unpaired) electrons. The molecule has 0 bridgehead atoms. The van der Waals surface area contributed by atoms with Crippen molar-refractivity contribution in [2.45, 2.75) is 50.6 Å². The quantitative estimate of drug-likeness (QED) is 0.615. The molecule has 0 aromatic carbocycles. The maximum atomic E-state index is 6.47. The molecule has 0 atom stereocenters. The highest BCUT2D eigenvalue weighted by molar-refractivity contribution is 6.33. The Bertz CT molecular complexity index is 819. The van der Waals surface area contributed by atoms with Crippen LogP contribution in [0.15, 0.2) is 18.2 Å². The van der Waals surface area contributed by atoms with Crippen molar-refractivity contribution in [1.82, 2.24) is 15.3 Å². The number of pyridine rings is 1. The molecule has 0 unspecified atom stereocenters. The summed E-state index contributed by atoms with van der Waals surface area (Å²) in [6.45, 7) is 2.59. The third-order valence-electron chi connectivity index (χ3n) is 6.15. The monoisotopic (exact) mass is 427 g/mol. The zero-order chi connectivity index (χ0) is 20.8. The number of anilines is 2. The Kier molecular flexibility index (Phi) is 7.27. The van der Waals surface area contributed by atoms with Gasteiger partial charge in [0.2, 0.25) is 0 Å². The summed E-state index contributed by atoms with van der Waals surface area (Å²) in [6, 6.07) is 9.91. The van der Waals surface area contributed by atoms with E-state index in [1.54, 1.807) is 0 Å². The molecule has 6 nitrogen and oxygen atoms in total. The van der Waals surface area contributed by atoms with E-state index in [0.717, 1.165) is 62.6 Å². The first kappa shape index (κ1) is 21.2. The predicted octanol–water partition coefficient (Wildman–Crippen LogP) is 4.18. The number of ether oxygens (including phenoxy) is 1. The van der Waals surface area contributed by atoms with Crippen LogP contribution in [0.4, 0.5) is 11.6 Å². The average Bonchev–Trinajstić information content (AvgIpc) is 2.80. The van der Waals surface area contributed by atoms with Gasteiger partial charge < -0.3 is 20.7 Å². The molecule has 1 aliphatic heterocycles. The third kappa shape index (κ3) is 5.54. The van der Waals surface area contributed by atoms with Gasteiger partial charge in [0.1, 0.15) is 11.6 Å². The van der Waals surface area contributed by atoms with Crippen LogP contribution in [0.25, 0.3) is 11.3 Å². The van der Waals surface area contributed by atoms with Crippen molar-refractivity contribution in [3.05, 3.63) is 35.5 Å². The summed E-state index contributed by atoms with van der Waals surface area (Å²) in [4.78, 5) is 9.09. The summed E-state index contributed by atoms with van der Waals surface area (Å²) in [5.74, 6) is 2.25. The minimum absolute atomic E-state index is 0.432. The number of hydrogen-bond acceptors (Lipinski definition) is 6. The van der Waals surface area contributed by atoms with E-state index in [1.807, 2.05) is 25.2 Å². The molecule has 2 fully saturated rings. The van der Waals surface area contributed by atoms with Crippen molar-refractivity contribution >= 4 is 23.2 Å². The van der Waals surface area contributed by atoms with Gasteiger partial charge in [-0.2, -0.15) is 4.98 Å². The Labute approximate surface area is 184 Å². The first-order chi connectivity index (χ1) is 14.7. The Balaban J connectivity index is 1.42. The first-order valence-electron chi connectivity index (χ1n) is 10.9. The molecule has 0 amide bonds. The fourth-order valence-electron chi connectivity index (χ4n) is 4.22. The fourth-order valence-corrected chi connectivity index (χ4v) is 4.43. The second-order valence-electron chi connectivity index (χ2n) is 8.24. The van der Waals surface area contributed by atoms with Crippen LogP contribution in [0.1, 0.15) is 38.5 Å². The topological polar surface area (TPSA) is 71.1 Å². The van der Waals surface area contributed by atoms with Gasteiger partial charge in [-0.3, -0.25) is 0 Å². The number of aromatic nitrogens is 2. The van der Waals surface area contributed by atoms with Gasteiger partial charge in [-0.15, -0.1) is 0 Å². The number of nitrogens with one attached hydrogen (secondary N) is 3. The van der Waals surface area contributed by atoms with Crippen LogP contribution in [-0.4, -0.2) is 48.9 Å². The lowest BCUT2D eigenvalue weighted by Crippen LogP contribution is -2.35. The molecular weight excluding hydrogens is 398 g/mol. The molecule has 30 heavy (non-hydrogen) atoms. The lowest BCUT2D eigenvalue weighted by molar-refractivity contribution is 0.0699. The van der Waals surface area contributed by atoms with E-state index in [1.165, 1.54) is 12.8 Å². The van der Waals surface area contributed by atoms with Crippen LogP contribution < -0.4 is 16.0 Å². The number of nitrogens with zero attached hydrogens (tertiary/aromatic N) is 2. The summed E-state index contributed by atoms with van der Waals surface area (Å²) in [5.41, 5.74) is 1.50. The van der Waals surface area contributed by atoms with E-state index in [0.29, 0.717) is 28.7 Å². The molecule has 7 heteroatoms. The first-order valence-corrected chi connectivity index (χ1v) is 11.3. The highest BCUT2D eigenvalue weighted by Crippen LogP contribution is 2.28. The normalized spacial score (nSPS) is 22.3.